The lowest BCUT2D eigenvalue weighted by Crippen LogP contribution is -2.48. The van der Waals surface area contributed by atoms with Gasteiger partial charge in [-0.25, -0.2) is 13.8 Å². The number of anilines is 1. The van der Waals surface area contributed by atoms with E-state index in [0.29, 0.717) is 87.9 Å². The SMILES string of the molecule is CC(=O)N1CCC(NC(=O)C2CCC(Oc3cc(-n4c(C(F)F)nc5ccccc54)nc(N4CCOCC4)n3)CC2)CC1. The van der Waals surface area contributed by atoms with Crippen molar-refractivity contribution in [2.45, 2.75) is 64.0 Å². The van der Waals surface area contributed by atoms with Crippen LogP contribution in [0, 0.1) is 5.92 Å². The van der Waals surface area contributed by atoms with E-state index in [1.165, 1.54) is 4.57 Å². The molecule has 0 unspecified atom stereocenters. The molecular formula is C30H37F2N7O4. The molecule has 0 bridgehead atoms. The molecule has 3 fully saturated rings. The van der Waals surface area contributed by atoms with Crippen LogP contribution in [0.4, 0.5) is 14.7 Å². The normalized spacial score (nSPS) is 21.8. The third-order valence-corrected chi connectivity index (χ3v) is 8.60. The summed E-state index contributed by atoms with van der Waals surface area (Å²) in [6, 6.07) is 8.66. The lowest BCUT2D eigenvalue weighted by atomic mass is 9.86. The van der Waals surface area contributed by atoms with Crippen molar-refractivity contribution in [2.75, 3.05) is 44.3 Å². The molecule has 0 atom stereocenters. The minimum atomic E-state index is -2.80. The number of halogens is 2. The maximum Gasteiger partial charge on any atom is 0.296 e. The molecule has 230 valence electrons. The van der Waals surface area contributed by atoms with Gasteiger partial charge in [0.25, 0.3) is 6.43 Å². The van der Waals surface area contributed by atoms with Gasteiger partial charge in [-0.2, -0.15) is 9.97 Å². The lowest BCUT2D eigenvalue weighted by molar-refractivity contribution is -0.130. The summed E-state index contributed by atoms with van der Waals surface area (Å²) in [5, 5.41) is 3.18. The van der Waals surface area contributed by atoms with Crippen molar-refractivity contribution in [1.82, 2.24) is 29.7 Å². The maximum absolute atomic E-state index is 14.1. The summed E-state index contributed by atoms with van der Waals surface area (Å²) in [7, 11) is 0. The summed E-state index contributed by atoms with van der Waals surface area (Å²) in [4.78, 5) is 41.9. The Kier molecular flexibility index (Phi) is 8.68. The Labute approximate surface area is 248 Å². The molecule has 1 N–H and O–H groups in total. The van der Waals surface area contributed by atoms with Crippen LogP contribution >= 0.6 is 0 Å². The number of benzene rings is 1. The van der Waals surface area contributed by atoms with Gasteiger partial charge in [0.15, 0.2) is 5.82 Å². The zero-order valence-corrected chi connectivity index (χ0v) is 24.3. The van der Waals surface area contributed by atoms with Crippen LogP contribution in [-0.2, 0) is 14.3 Å². The largest absolute Gasteiger partial charge is 0.474 e. The van der Waals surface area contributed by atoms with E-state index < -0.39 is 12.2 Å². The van der Waals surface area contributed by atoms with Crippen molar-refractivity contribution >= 4 is 28.8 Å². The molecule has 6 rings (SSSR count). The van der Waals surface area contributed by atoms with Gasteiger partial charge in [0.2, 0.25) is 23.6 Å². The third kappa shape index (κ3) is 6.56. The maximum atomic E-state index is 14.1. The second kappa shape index (κ2) is 12.8. The van der Waals surface area contributed by atoms with E-state index >= 15 is 0 Å². The zero-order chi connectivity index (χ0) is 29.9. The number of nitrogens with zero attached hydrogens (tertiary/aromatic N) is 6. The molecule has 0 spiro atoms. The van der Waals surface area contributed by atoms with Gasteiger partial charge in [-0.1, -0.05) is 12.1 Å². The van der Waals surface area contributed by atoms with Crippen molar-refractivity contribution in [3.05, 3.63) is 36.2 Å². The molecule has 2 aromatic heterocycles. The van der Waals surface area contributed by atoms with E-state index in [4.69, 9.17) is 9.47 Å². The Hall–Kier alpha value is -3.87. The predicted octanol–water partition coefficient (Wildman–Crippen LogP) is 3.65. The van der Waals surface area contributed by atoms with Gasteiger partial charge in [0.1, 0.15) is 11.9 Å². The molecule has 1 saturated carbocycles. The molecule has 2 saturated heterocycles. The molecule has 1 aromatic carbocycles. The lowest BCUT2D eigenvalue weighted by Gasteiger charge is -2.33. The van der Waals surface area contributed by atoms with Crippen molar-refractivity contribution in [1.29, 1.82) is 0 Å². The van der Waals surface area contributed by atoms with E-state index in [9.17, 15) is 18.4 Å². The number of rotatable bonds is 7. The first-order chi connectivity index (χ1) is 20.9. The van der Waals surface area contributed by atoms with Crippen LogP contribution in [-0.4, -0.2) is 87.8 Å². The number of fused-ring (bicyclic) bond motifs is 1. The fourth-order valence-corrected chi connectivity index (χ4v) is 6.18. The third-order valence-electron chi connectivity index (χ3n) is 8.60. The minimum absolute atomic E-state index is 0.0603. The first-order valence-electron chi connectivity index (χ1n) is 15.1. The van der Waals surface area contributed by atoms with E-state index in [1.54, 1.807) is 37.3 Å². The quantitative estimate of drug-likeness (QED) is 0.439. The number of alkyl halides is 2. The van der Waals surface area contributed by atoms with E-state index in [-0.39, 0.29) is 35.7 Å². The summed E-state index contributed by atoms with van der Waals surface area (Å²) in [5.74, 6) is 0.597. The van der Waals surface area contributed by atoms with Gasteiger partial charge in [0, 0.05) is 51.1 Å². The standard InChI is InChI=1S/C30H37F2N7O4/c1-19(40)37-12-10-21(11-13-37)33-29(41)20-6-8-22(9-7-20)43-26-18-25(35-30(36-26)38-14-16-42-17-15-38)39-24-5-3-2-4-23(24)34-28(39)27(31)32/h2-5,18,20-22,27H,6-17H2,1H3,(H,33,41). The summed E-state index contributed by atoms with van der Waals surface area (Å²) >= 11 is 0. The van der Waals surface area contributed by atoms with Gasteiger partial charge in [0.05, 0.1) is 24.2 Å². The number of ether oxygens (including phenoxy) is 2. The number of piperidine rings is 1. The predicted molar refractivity (Wildman–Crippen MR) is 154 cm³/mol. The van der Waals surface area contributed by atoms with E-state index in [1.807, 2.05) is 9.80 Å². The zero-order valence-electron chi connectivity index (χ0n) is 24.3. The number of hydrogen-bond donors (Lipinski definition) is 1. The van der Waals surface area contributed by atoms with Crippen molar-refractivity contribution in [3.63, 3.8) is 0 Å². The molecule has 43 heavy (non-hydrogen) atoms. The second-order valence-corrected chi connectivity index (χ2v) is 11.4. The minimum Gasteiger partial charge on any atom is -0.474 e. The Balaban J connectivity index is 1.17. The monoisotopic (exact) mass is 597 g/mol. The van der Waals surface area contributed by atoms with Crippen LogP contribution in [0.25, 0.3) is 16.9 Å². The van der Waals surface area contributed by atoms with Gasteiger partial charge in [-0.3, -0.25) is 14.2 Å². The first-order valence-corrected chi connectivity index (χ1v) is 15.1. The Morgan fingerprint density at radius 3 is 2.40 bits per heavy atom. The Morgan fingerprint density at radius 2 is 1.70 bits per heavy atom. The van der Waals surface area contributed by atoms with Crippen LogP contribution in [0.3, 0.4) is 0 Å². The highest BCUT2D eigenvalue weighted by Gasteiger charge is 2.31. The number of carbonyl (C=O) groups is 2. The second-order valence-electron chi connectivity index (χ2n) is 11.4. The molecule has 13 heteroatoms. The van der Waals surface area contributed by atoms with Crippen molar-refractivity contribution in [3.8, 4) is 11.7 Å². The average molecular weight is 598 g/mol. The van der Waals surface area contributed by atoms with Gasteiger partial charge in [-0.05, 0) is 50.7 Å². The molecule has 11 nitrogen and oxygen atoms in total. The number of morpholine rings is 1. The Bertz CT molecular complexity index is 1450. The number of carbonyl (C=O) groups excluding carboxylic acids is 2. The number of nitrogens with one attached hydrogen (secondary N) is 1. The van der Waals surface area contributed by atoms with Gasteiger partial charge < -0.3 is 24.6 Å². The van der Waals surface area contributed by atoms with Crippen molar-refractivity contribution < 1.29 is 27.8 Å². The number of para-hydroxylation sites is 2. The fourth-order valence-electron chi connectivity index (χ4n) is 6.18. The van der Waals surface area contributed by atoms with Crippen LogP contribution in [0.1, 0.15) is 57.7 Å². The van der Waals surface area contributed by atoms with Crippen molar-refractivity contribution in [2.24, 2.45) is 5.92 Å². The van der Waals surface area contributed by atoms with E-state index in [2.05, 4.69) is 20.3 Å². The molecule has 2 amide bonds. The highest BCUT2D eigenvalue weighted by Crippen LogP contribution is 2.32. The number of aromatic nitrogens is 4. The van der Waals surface area contributed by atoms with Gasteiger partial charge in [-0.15, -0.1) is 0 Å². The van der Waals surface area contributed by atoms with Crippen LogP contribution in [0.15, 0.2) is 30.3 Å². The topological polar surface area (TPSA) is 115 Å². The molecule has 0 radical (unpaired) electrons. The summed E-state index contributed by atoms with van der Waals surface area (Å²) in [5.41, 5.74) is 0.974. The molecule has 2 aliphatic heterocycles. The molecule has 3 aliphatic rings. The van der Waals surface area contributed by atoms with Crippen LogP contribution in [0.2, 0.25) is 0 Å². The van der Waals surface area contributed by atoms with Crippen LogP contribution < -0.4 is 15.0 Å². The summed E-state index contributed by atoms with van der Waals surface area (Å²) in [6.45, 7) is 5.09. The number of amides is 2. The Morgan fingerprint density at radius 1 is 0.977 bits per heavy atom. The number of likely N-dealkylation sites (tertiary alicyclic amines) is 1. The fraction of sp³-hybridized carbons (Fsp3) is 0.567. The van der Waals surface area contributed by atoms with E-state index in [0.717, 1.165) is 12.8 Å². The summed E-state index contributed by atoms with van der Waals surface area (Å²) < 4.78 is 41.5. The molecule has 1 aliphatic carbocycles. The number of imidazole rings is 1. The molecule has 4 heterocycles. The van der Waals surface area contributed by atoms with Crippen LogP contribution in [0.5, 0.6) is 5.88 Å². The molecule has 3 aromatic rings. The average Bonchev–Trinajstić information content (AvgIpc) is 3.42. The first kappa shape index (κ1) is 29.2. The molecular weight excluding hydrogens is 560 g/mol. The highest BCUT2D eigenvalue weighted by molar-refractivity contribution is 5.79. The highest BCUT2D eigenvalue weighted by atomic mass is 19.3. The number of hydrogen-bond acceptors (Lipinski definition) is 8. The summed E-state index contributed by atoms with van der Waals surface area (Å²) in [6.07, 6.45) is 1.26. The smallest absolute Gasteiger partial charge is 0.296 e. The van der Waals surface area contributed by atoms with Gasteiger partial charge >= 0.3 is 0 Å².